The Morgan fingerprint density at radius 3 is 2.24 bits per heavy atom. The molecule has 0 aliphatic heterocycles. The van der Waals surface area contributed by atoms with Gasteiger partial charge in [-0.15, -0.1) is 11.6 Å². The Bertz CT molecular complexity index is 560. The Morgan fingerprint density at radius 2 is 1.67 bits per heavy atom. The van der Waals surface area contributed by atoms with Gasteiger partial charge in [-0.25, -0.2) is 4.39 Å². The maximum absolute atomic E-state index is 14.4. The van der Waals surface area contributed by atoms with Crippen LogP contribution in [-0.2, 0) is 0 Å². The van der Waals surface area contributed by atoms with E-state index in [0.717, 1.165) is 23.7 Å². The van der Waals surface area contributed by atoms with Gasteiger partial charge in [0.2, 0.25) is 0 Å². The van der Waals surface area contributed by atoms with E-state index in [0.29, 0.717) is 23.0 Å². The van der Waals surface area contributed by atoms with Crippen LogP contribution in [0.5, 0.6) is 11.5 Å². The highest BCUT2D eigenvalue weighted by atomic mass is 35.5. The largest absolute Gasteiger partial charge is 0.493 e. The molecule has 2 nitrogen and oxygen atoms in total. The molecule has 5 unspecified atom stereocenters. The molecule has 4 heteroatoms. The second-order valence-corrected chi connectivity index (χ2v) is 7.17. The molecule has 5 atom stereocenters. The summed E-state index contributed by atoms with van der Waals surface area (Å²) in [6.07, 6.45) is 4.07. The van der Waals surface area contributed by atoms with Crippen molar-refractivity contribution in [1.29, 1.82) is 0 Å². The Labute approximate surface area is 129 Å². The van der Waals surface area contributed by atoms with Crippen LogP contribution in [0, 0.1) is 35.4 Å². The summed E-state index contributed by atoms with van der Waals surface area (Å²) >= 11 is 6.66. The Hall–Kier alpha value is -0.960. The van der Waals surface area contributed by atoms with Crippen molar-refractivity contribution >= 4 is 11.6 Å². The molecule has 3 fully saturated rings. The van der Waals surface area contributed by atoms with E-state index < -0.39 is 0 Å². The van der Waals surface area contributed by atoms with Gasteiger partial charge in [-0.05, 0) is 54.9 Å². The third-order valence-electron chi connectivity index (χ3n) is 5.93. The summed E-state index contributed by atoms with van der Waals surface area (Å²) < 4.78 is 24.8. The van der Waals surface area contributed by atoms with Crippen LogP contribution in [0.2, 0.25) is 0 Å². The van der Waals surface area contributed by atoms with Crippen LogP contribution >= 0.6 is 11.6 Å². The Balaban J connectivity index is 1.62. The van der Waals surface area contributed by atoms with Crippen molar-refractivity contribution in [3.8, 4) is 11.5 Å². The van der Waals surface area contributed by atoms with E-state index in [4.69, 9.17) is 21.1 Å². The average molecular weight is 311 g/mol. The molecule has 4 rings (SSSR count). The number of fused-ring (bicyclic) bond motifs is 5. The fourth-order valence-electron chi connectivity index (χ4n) is 5.07. The molecule has 1 aromatic rings. The predicted molar refractivity (Wildman–Crippen MR) is 79.4 cm³/mol. The molecular weight excluding hydrogens is 291 g/mol. The number of methoxy groups -OCH3 is 2. The quantitative estimate of drug-likeness (QED) is 0.767. The summed E-state index contributed by atoms with van der Waals surface area (Å²) in [7, 11) is 3.08. The molecule has 0 spiro atoms. The lowest BCUT2D eigenvalue weighted by atomic mass is 9.96. The number of benzene rings is 1. The van der Waals surface area contributed by atoms with E-state index in [2.05, 4.69) is 0 Å². The lowest BCUT2D eigenvalue weighted by molar-refractivity contribution is 0.350. The number of hydrogen-bond acceptors (Lipinski definition) is 2. The van der Waals surface area contributed by atoms with Crippen LogP contribution in [0.1, 0.15) is 30.2 Å². The van der Waals surface area contributed by atoms with E-state index in [1.54, 1.807) is 13.2 Å². The summed E-state index contributed by atoms with van der Waals surface area (Å²) in [5.74, 6) is 4.28. The topological polar surface area (TPSA) is 18.5 Å². The van der Waals surface area contributed by atoms with Gasteiger partial charge >= 0.3 is 0 Å². The molecule has 0 aromatic heterocycles. The van der Waals surface area contributed by atoms with Gasteiger partial charge in [0.25, 0.3) is 0 Å². The van der Waals surface area contributed by atoms with Gasteiger partial charge in [-0.3, -0.25) is 0 Å². The van der Waals surface area contributed by atoms with Crippen molar-refractivity contribution < 1.29 is 13.9 Å². The van der Waals surface area contributed by atoms with Crippen LogP contribution in [-0.4, -0.2) is 14.2 Å². The first-order valence-electron chi connectivity index (χ1n) is 7.71. The van der Waals surface area contributed by atoms with Crippen LogP contribution < -0.4 is 9.47 Å². The van der Waals surface area contributed by atoms with Gasteiger partial charge in [0.05, 0.1) is 19.6 Å². The second kappa shape index (κ2) is 4.77. The number of rotatable bonds is 4. The molecule has 3 aliphatic carbocycles. The molecule has 0 N–H and O–H groups in total. The summed E-state index contributed by atoms with van der Waals surface area (Å²) in [4.78, 5) is 0. The second-order valence-electron chi connectivity index (χ2n) is 6.70. The van der Waals surface area contributed by atoms with Gasteiger partial charge in [0.1, 0.15) is 5.82 Å². The minimum Gasteiger partial charge on any atom is -0.493 e. The maximum atomic E-state index is 14.4. The van der Waals surface area contributed by atoms with Crippen LogP contribution in [0.25, 0.3) is 0 Å². The summed E-state index contributed by atoms with van der Waals surface area (Å²) in [5.41, 5.74) is 0.563. The first kappa shape index (κ1) is 13.7. The molecule has 0 heterocycles. The van der Waals surface area contributed by atoms with Gasteiger partial charge in [-0.1, -0.05) is 0 Å². The van der Waals surface area contributed by atoms with E-state index in [1.165, 1.54) is 32.4 Å². The molecule has 3 saturated carbocycles. The summed E-state index contributed by atoms with van der Waals surface area (Å²) in [5, 5.41) is -0.247. The van der Waals surface area contributed by atoms with Gasteiger partial charge in [0.15, 0.2) is 11.5 Å². The molecule has 0 radical (unpaired) electrons. The highest BCUT2D eigenvalue weighted by Crippen LogP contribution is 2.73. The Kier molecular flexibility index (Phi) is 3.11. The van der Waals surface area contributed by atoms with Crippen molar-refractivity contribution in [2.75, 3.05) is 14.2 Å². The average Bonchev–Trinajstić information content (AvgIpc) is 2.93. The van der Waals surface area contributed by atoms with Crippen molar-refractivity contribution in [3.05, 3.63) is 23.5 Å². The molecule has 3 aliphatic rings. The van der Waals surface area contributed by atoms with Crippen molar-refractivity contribution in [1.82, 2.24) is 0 Å². The monoisotopic (exact) mass is 310 g/mol. The minimum atomic E-state index is -0.287. The van der Waals surface area contributed by atoms with Crippen molar-refractivity contribution in [2.45, 2.75) is 24.6 Å². The molecule has 0 saturated heterocycles. The molecule has 114 valence electrons. The van der Waals surface area contributed by atoms with E-state index in [1.807, 2.05) is 0 Å². The van der Waals surface area contributed by atoms with Crippen LogP contribution in [0.3, 0.4) is 0 Å². The fraction of sp³-hybridized carbons (Fsp3) is 0.647. The number of halogens is 2. The normalized spacial score (nSPS) is 37.2. The van der Waals surface area contributed by atoms with Crippen LogP contribution in [0.15, 0.2) is 12.1 Å². The van der Waals surface area contributed by atoms with E-state index in [-0.39, 0.29) is 11.2 Å². The smallest absolute Gasteiger partial charge is 0.163 e. The van der Waals surface area contributed by atoms with Gasteiger partial charge in [-0.2, -0.15) is 0 Å². The lowest BCUT2D eigenvalue weighted by Crippen LogP contribution is -2.06. The number of alkyl halides is 1. The highest BCUT2D eigenvalue weighted by Gasteiger charge is 2.66. The summed E-state index contributed by atoms with van der Waals surface area (Å²) in [6, 6.07) is 3.10. The number of ether oxygens (including phenoxy) is 2. The standard InChI is InChI=1S/C17H20ClFO2/c1-20-12-6-10(11(19)7-13(12)21-2)17(18)16-14-8-3-4-9(5-8)15(14)16/h6-9,14-17H,3-5H2,1-2H3. The zero-order valence-electron chi connectivity index (χ0n) is 12.3. The van der Waals surface area contributed by atoms with Gasteiger partial charge < -0.3 is 9.47 Å². The fourth-order valence-corrected chi connectivity index (χ4v) is 5.58. The zero-order valence-corrected chi connectivity index (χ0v) is 13.1. The first-order chi connectivity index (χ1) is 10.2. The number of hydrogen-bond donors (Lipinski definition) is 0. The maximum Gasteiger partial charge on any atom is 0.163 e. The van der Waals surface area contributed by atoms with E-state index >= 15 is 0 Å². The summed E-state index contributed by atoms with van der Waals surface area (Å²) in [6.45, 7) is 0. The molecule has 2 bridgehead atoms. The molecule has 21 heavy (non-hydrogen) atoms. The lowest BCUT2D eigenvalue weighted by Gasteiger charge is -2.17. The molecular formula is C17H20ClFO2. The first-order valence-corrected chi connectivity index (χ1v) is 8.14. The SMILES string of the molecule is COc1cc(F)c(C(Cl)C2C3C4CCC(C4)C32)cc1OC. The highest BCUT2D eigenvalue weighted by molar-refractivity contribution is 6.21. The predicted octanol–water partition coefficient (Wildman–Crippen LogP) is 4.41. The third-order valence-corrected chi connectivity index (χ3v) is 6.46. The Morgan fingerprint density at radius 1 is 1.10 bits per heavy atom. The van der Waals surface area contributed by atoms with E-state index in [9.17, 15) is 4.39 Å². The minimum absolute atomic E-state index is 0.247. The third kappa shape index (κ3) is 1.89. The van der Waals surface area contributed by atoms with Gasteiger partial charge in [0, 0.05) is 11.6 Å². The van der Waals surface area contributed by atoms with Crippen LogP contribution in [0.4, 0.5) is 4.39 Å². The van der Waals surface area contributed by atoms with Crippen molar-refractivity contribution in [3.63, 3.8) is 0 Å². The molecule has 0 amide bonds. The zero-order chi connectivity index (χ0) is 14.7. The van der Waals surface area contributed by atoms with Crippen molar-refractivity contribution in [2.24, 2.45) is 29.6 Å². The molecule has 1 aromatic carbocycles.